The van der Waals surface area contributed by atoms with Gasteiger partial charge in [0.05, 0.1) is 11.0 Å². The Balaban J connectivity index is 1.85. The molecule has 0 aliphatic heterocycles. The van der Waals surface area contributed by atoms with Crippen LogP contribution >= 0.6 is 11.6 Å². The molecule has 1 N–H and O–H groups in total. The van der Waals surface area contributed by atoms with Crippen molar-refractivity contribution in [1.29, 1.82) is 0 Å². The summed E-state index contributed by atoms with van der Waals surface area (Å²) in [5.41, 5.74) is 4.20. The van der Waals surface area contributed by atoms with Gasteiger partial charge >= 0.3 is 0 Å². The first-order valence-electron chi connectivity index (χ1n) is 8.95. The Hall–Kier alpha value is -2.66. The number of hydrogen-bond acceptors (Lipinski definition) is 3. The van der Waals surface area contributed by atoms with Gasteiger partial charge in [-0.05, 0) is 68.1 Å². The number of rotatable bonds is 5. The number of carbonyl (C=O) groups is 1. The van der Waals surface area contributed by atoms with Gasteiger partial charge in [0.25, 0.3) is 11.5 Å². The van der Waals surface area contributed by atoms with Crippen LogP contribution in [0, 0.1) is 13.8 Å². The Morgan fingerprint density at radius 3 is 2.48 bits per heavy atom. The van der Waals surface area contributed by atoms with Crippen LogP contribution < -0.4 is 10.9 Å². The maximum atomic E-state index is 12.7. The fraction of sp³-hybridized carbons (Fsp3) is 0.286. The van der Waals surface area contributed by atoms with Crippen molar-refractivity contribution < 1.29 is 4.79 Å². The van der Waals surface area contributed by atoms with Crippen LogP contribution in [0.4, 0.5) is 0 Å². The summed E-state index contributed by atoms with van der Waals surface area (Å²) in [7, 11) is 0. The van der Waals surface area contributed by atoms with Gasteiger partial charge in [0, 0.05) is 18.1 Å². The Morgan fingerprint density at radius 2 is 1.81 bits per heavy atom. The topological polar surface area (TPSA) is 64.0 Å². The van der Waals surface area contributed by atoms with Gasteiger partial charge in [-0.25, -0.2) is 4.98 Å². The SMILES string of the molecule is CCn1c(=O)c(C(=O)NCCc2ccc(Cl)cc2)nc2cc(C)c(C)cc21. The van der Waals surface area contributed by atoms with E-state index in [1.807, 2.05) is 57.2 Å². The second-order valence-corrected chi connectivity index (χ2v) is 7.00. The Kier molecular flexibility index (Phi) is 5.61. The van der Waals surface area contributed by atoms with E-state index < -0.39 is 5.91 Å². The summed E-state index contributed by atoms with van der Waals surface area (Å²) in [6.07, 6.45) is 0.650. The number of benzene rings is 2. The highest BCUT2D eigenvalue weighted by Gasteiger charge is 2.17. The van der Waals surface area contributed by atoms with Gasteiger partial charge in [-0.2, -0.15) is 0 Å². The molecule has 2 aromatic carbocycles. The van der Waals surface area contributed by atoms with E-state index in [1.165, 1.54) is 0 Å². The second kappa shape index (κ2) is 7.92. The van der Waals surface area contributed by atoms with E-state index in [4.69, 9.17) is 11.6 Å². The molecule has 0 saturated carbocycles. The number of carbonyl (C=O) groups excluding carboxylic acids is 1. The molecule has 5 nitrogen and oxygen atoms in total. The average molecular weight is 384 g/mol. The Bertz CT molecular complexity index is 1060. The predicted molar refractivity (Wildman–Crippen MR) is 109 cm³/mol. The van der Waals surface area contributed by atoms with Crippen LogP contribution in [0.25, 0.3) is 11.0 Å². The quantitative estimate of drug-likeness (QED) is 0.731. The molecule has 27 heavy (non-hydrogen) atoms. The summed E-state index contributed by atoms with van der Waals surface area (Å²) in [4.78, 5) is 29.7. The lowest BCUT2D eigenvalue weighted by molar-refractivity contribution is 0.0947. The van der Waals surface area contributed by atoms with Crippen LogP contribution in [0.3, 0.4) is 0 Å². The molecule has 1 heterocycles. The van der Waals surface area contributed by atoms with Crippen molar-refractivity contribution in [2.75, 3.05) is 6.54 Å². The van der Waals surface area contributed by atoms with Crippen molar-refractivity contribution in [1.82, 2.24) is 14.9 Å². The molecule has 0 aliphatic rings. The average Bonchev–Trinajstić information content (AvgIpc) is 2.64. The van der Waals surface area contributed by atoms with Gasteiger partial charge < -0.3 is 9.88 Å². The summed E-state index contributed by atoms with van der Waals surface area (Å²) < 4.78 is 1.60. The fourth-order valence-electron chi connectivity index (χ4n) is 3.01. The fourth-order valence-corrected chi connectivity index (χ4v) is 3.14. The summed E-state index contributed by atoms with van der Waals surface area (Å²) in [5.74, 6) is -0.448. The molecule has 1 amide bonds. The molecule has 0 unspecified atom stereocenters. The summed E-state index contributed by atoms with van der Waals surface area (Å²) in [6, 6.07) is 11.3. The monoisotopic (exact) mass is 383 g/mol. The zero-order chi connectivity index (χ0) is 19.6. The first-order valence-corrected chi connectivity index (χ1v) is 9.33. The van der Waals surface area contributed by atoms with Crippen LogP contribution in [-0.2, 0) is 13.0 Å². The molecule has 0 aliphatic carbocycles. The normalized spacial score (nSPS) is 11.0. The zero-order valence-corrected chi connectivity index (χ0v) is 16.4. The first-order chi connectivity index (χ1) is 12.9. The number of fused-ring (bicyclic) bond motifs is 1. The molecule has 0 fully saturated rings. The smallest absolute Gasteiger partial charge is 0.282 e. The minimum absolute atomic E-state index is 0.0660. The lowest BCUT2D eigenvalue weighted by Gasteiger charge is -2.12. The minimum Gasteiger partial charge on any atom is -0.350 e. The number of halogens is 1. The van der Waals surface area contributed by atoms with E-state index in [0.717, 1.165) is 22.2 Å². The lowest BCUT2D eigenvalue weighted by Crippen LogP contribution is -2.35. The predicted octanol–water partition coefficient (Wildman–Crippen LogP) is 3.66. The number of aromatic nitrogens is 2. The van der Waals surface area contributed by atoms with E-state index in [9.17, 15) is 9.59 Å². The van der Waals surface area contributed by atoms with Crippen LogP contribution in [-0.4, -0.2) is 22.0 Å². The van der Waals surface area contributed by atoms with Crippen molar-refractivity contribution >= 4 is 28.5 Å². The molecule has 6 heteroatoms. The highest BCUT2D eigenvalue weighted by Crippen LogP contribution is 2.17. The molecule has 0 atom stereocenters. The maximum absolute atomic E-state index is 12.7. The molecule has 140 valence electrons. The second-order valence-electron chi connectivity index (χ2n) is 6.57. The van der Waals surface area contributed by atoms with E-state index in [-0.39, 0.29) is 11.3 Å². The van der Waals surface area contributed by atoms with Crippen molar-refractivity contribution in [2.24, 2.45) is 0 Å². The molecule has 1 aromatic heterocycles. The van der Waals surface area contributed by atoms with Crippen molar-refractivity contribution in [3.05, 3.63) is 74.2 Å². The molecule has 0 saturated heterocycles. The molecule has 3 aromatic rings. The number of nitrogens with one attached hydrogen (secondary N) is 1. The van der Waals surface area contributed by atoms with Gasteiger partial charge in [0.1, 0.15) is 0 Å². The van der Waals surface area contributed by atoms with Crippen molar-refractivity contribution in [3.8, 4) is 0 Å². The molecule has 0 spiro atoms. The number of aryl methyl sites for hydroxylation is 3. The van der Waals surface area contributed by atoms with Gasteiger partial charge in [-0.15, -0.1) is 0 Å². The summed E-state index contributed by atoms with van der Waals surface area (Å²) >= 11 is 5.88. The lowest BCUT2D eigenvalue weighted by atomic mass is 10.1. The van der Waals surface area contributed by atoms with Crippen molar-refractivity contribution in [3.63, 3.8) is 0 Å². The van der Waals surface area contributed by atoms with Crippen LogP contribution in [0.5, 0.6) is 0 Å². The largest absolute Gasteiger partial charge is 0.350 e. The third-order valence-electron chi connectivity index (χ3n) is 4.71. The molecule has 3 rings (SSSR count). The van der Waals surface area contributed by atoms with Crippen molar-refractivity contribution in [2.45, 2.75) is 33.7 Å². The number of nitrogens with zero attached hydrogens (tertiary/aromatic N) is 2. The maximum Gasteiger partial charge on any atom is 0.282 e. The van der Waals surface area contributed by atoms with Crippen LogP contribution in [0.2, 0.25) is 5.02 Å². The Morgan fingerprint density at radius 1 is 1.15 bits per heavy atom. The third-order valence-corrected chi connectivity index (χ3v) is 4.96. The van der Waals surface area contributed by atoms with Gasteiger partial charge in [-0.1, -0.05) is 23.7 Å². The summed E-state index contributed by atoms with van der Waals surface area (Å²) in [5, 5.41) is 3.47. The van der Waals surface area contributed by atoms with E-state index in [0.29, 0.717) is 30.0 Å². The number of hydrogen-bond donors (Lipinski definition) is 1. The van der Waals surface area contributed by atoms with Gasteiger partial charge in [0.15, 0.2) is 5.69 Å². The molecular formula is C21H22ClN3O2. The standard InChI is InChI=1S/C21H22ClN3O2/c1-4-25-18-12-14(3)13(2)11-17(18)24-19(21(25)27)20(26)23-10-9-15-5-7-16(22)8-6-15/h5-8,11-12H,4,9-10H2,1-3H3,(H,23,26). The van der Waals surface area contributed by atoms with Crippen LogP contribution in [0.15, 0.2) is 41.2 Å². The van der Waals surface area contributed by atoms with Gasteiger partial charge in [-0.3, -0.25) is 9.59 Å². The van der Waals surface area contributed by atoms with Gasteiger partial charge in [0.2, 0.25) is 0 Å². The van der Waals surface area contributed by atoms with E-state index >= 15 is 0 Å². The highest BCUT2D eigenvalue weighted by molar-refractivity contribution is 6.30. The molecular weight excluding hydrogens is 362 g/mol. The zero-order valence-electron chi connectivity index (χ0n) is 15.7. The molecule has 0 bridgehead atoms. The number of amides is 1. The third kappa shape index (κ3) is 4.03. The summed E-state index contributed by atoms with van der Waals surface area (Å²) in [6.45, 7) is 6.77. The molecule has 0 radical (unpaired) electrons. The van der Waals surface area contributed by atoms with E-state index in [2.05, 4.69) is 10.3 Å². The van der Waals surface area contributed by atoms with Crippen LogP contribution in [0.1, 0.15) is 34.1 Å². The Labute approximate surface area is 163 Å². The highest BCUT2D eigenvalue weighted by atomic mass is 35.5. The minimum atomic E-state index is -0.448. The van der Waals surface area contributed by atoms with E-state index in [1.54, 1.807) is 4.57 Å². The first kappa shape index (κ1) is 19.1.